The van der Waals surface area contributed by atoms with Crippen molar-refractivity contribution in [3.63, 3.8) is 0 Å². The lowest BCUT2D eigenvalue weighted by Crippen LogP contribution is -2.28. The van der Waals surface area contributed by atoms with Gasteiger partial charge in [-0.15, -0.1) is 0 Å². The molecule has 10 heteroatoms. The van der Waals surface area contributed by atoms with Crippen LogP contribution in [0, 0.1) is 0 Å². The fourth-order valence-corrected chi connectivity index (χ4v) is 5.16. The molecule has 2 heterocycles. The predicted octanol–water partition coefficient (Wildman–Crippen LogP) is 2.91. The molecule has 0 atom stereocenters. The molecule has 7 nitrogen and oxygen atoms in total. The Morgan fingerprint density at radius 3 is 2.64 bits per heavy atom. The molecule has 0 spiro atoms. The number of halogens is 1. The zero-order valence-electron chi connectivity index (χ0n) is 14.9. The monoisotopic (exact) mass is 442 g/mol. The molecule has 1 amide bonds. The molecule has 0 saturated carbocycles. The Labute approximate surface area is 172 Å². The number of hydrogen-bond acceptors (Lipinski definition) is 6. The first-order valence-electron chi connectivity index (χ1n) is 8.62. The number of amides is 1. The van der Waals surface area contributed by atoms with E-state index in [1.165, 1.54) is 33.8 Å². The molecule has 1 fully saturated rings. The number of carbonyl (C=O) groups excluding carboxylic acids is 2. The van der Waals surface area contributed by atoms with Gasteiger partial charge in [-0.25, -0.2) is 8.42 Å². The maximum atomic E-state index is 12.7. The largest absolute Gasteiger partial charge is 0.455 e. The molecule has 150 valence electrons. The Balaban J connectivity index is 1.61. The second kappa shape index (κ2) is 9.04. The van der Waals surface area contributed by atoms with Crippen LogP contribution < -0.4 is 5.32 Å². The normalized spacial score (nSPS) is 14.8. The fraction of sp³-hybridized carbons (Fsp3) is 0.333. The van der Waals surface area contributed by atoms with Crippen LogP contribution in [-0.2, 0) is 30.8 Å². The van der Waals surface area contributed by atoms with Gasteiger partial charge in [0.15, 0.2) is 6.61 Å². The molecular weight excluding hydrogens is 424 g/mol. The molecule has 2 aromatic rings. The average molecular weight is 443 g/mol. The molecule has 1 saturated heterocycles. The summed E-state index contributed by atoms with van der Waals surface area (Å²) in [5.41, 5.74) is 0.971. The smallest absolute Gasteiger partial charge is 0.310 e. The van der Waals surface area contributed by atoms with E-state index in [0.29, 0.717) is 13.1 Å². The fourth-order valence-electron chi connectivity index (χ4n) is 2.78. The number of rotatable bonds is 7. The van der Waals surface area contributed by atoms with Crippen molar-refractivity contribution in [1.82, 2.24) is 4.31 Å². The Kier molecular flexibility index (Phi) is 6.71. The summed E-state index contributed by atoms with van der Waals surface area (Å²) < 4.78 is 31.7. The number of hydrogen-bond donors (Lipinski definition) is 1. The van der Waals surface area contributed by atoms with E-state index in [2.05, 4.69) is 5.32 Å². The first-order valence-corrected chi connectivity index (χ1v) is 11.4. The number of anilines is 1. The van der Waals surface area contributed by atoms with Gasteiger partial charge in [0.05, 0.1) is 22.0 Å². The molecule has 0 aliphatic carbocycles. The topological polar surface area (TPSA) is 92.8 Å². The van der Waals surface area contributed by atoms with E-state index in [1.807, 2.05) is 10.8 Å². The van der Waals surface area contributed by atoms with Crippen molar-refractivity contribution in [2.24, 2.45) is 0 Å². The zero-order valence-corrected chi connectivity index (χ0v) is 17.3. The van der Waals surface area contributed by atoms with Gasteiger partial charge in [-0.3, -0.25) is 9.59 Å². The van der Waals surface area contributed by atoms with Crippen molar-refractivity contribution >= 4 is 50.5 Å². The summed E-state index contributed by atoms with van der Waals surface area (Å²) in [6.07, 6.45) is 1.74. The lowest BCUT2D eigenvalue weighted by Gasteiger charge is -2.16. The molecule has 28 heavy (non-hydrogen) atoms. The Bertz CT molecular complexity index is 954. The molecule has 0 unspecified atom stereocenters. The molecule has 0 radical (unpaired) electrons. The van der Waals surface area contributed by atoms with Crippen molar-refractivity contribution < 1.29 is 22.7 Å². The summed E-state index contributed by atoms with van der Waals surface area (Å²) in [6.45, 7) is 0.474. The van der Waals surface area contributed by atoms with E-state index in [1.54, 1.807) is 6.07 Å². The van der Waals surface area contributed by atoms with E-state index < -0.39 is 28.5 Å². The molecule has 0 bridgehead atoms. The first kappa shape index (κ1) is 20.8. The number of thiophene rings is 1. The summed E-state index contributed by atoms with van der Waals surface area (Å²) in [5.74, 6) is -1.12. The van der Waals surface area contributed by atoms with Crippen LogP contribution in [0.3, 0.4) is 0 Å². The van der Waals surface area contributed by atoms with Crippen LogP contribution in [0.15, 0.2) is 39.9 Å². The van der Waals surface area contributed by atoms with Crippen LogP contribution in [0.2, 0.25) is 5.02 Å². The zero-order chi connectivity index (χ0) is 20.1. The second-order valence-corrected chi connectivity index (χ2v) is 9.40. The van der Waals surface area contributed by atoms with Gasteiger partial charge in [-0.05, 0) is 53.4 Å². The molecule has 1 aromatic heterocycles. The van der Waals surface area contributed by atoms with E-state index in [0.717, 1.165) is 18.4 Å². The lowest BCUT2D eigenvalue weighted by atomic mass is 10.2. The predicted molar refractivity (Wildman–Crippen MR) is 107 cm³/mol. The van der Waals surface area contributed by atoms with Gasteiger partial charge in [0, 0.05) is 13.1 Å². The lowest BCUT2D eigenvalue weighted by molar-refractivity contribution is -0.146. The highest BCUT2D eigenvalue weighted by Crippen LogP contribution is 2.28. The van der Waals surface area contributed by atoms with Gasteiger partial charge in [-0.2, -0.15) is 15.6 Å². The highest BCUT2D eigenvalue weighted by atomic mass is 35.5. The van der Waals surface area contributed by atoms with E-state index >= 15 is 0 Å². The van der Waals surface area contributed by atoms with Crippen LogP contribution in [0.5, 0.6) is 0 Å². The molecule has 1 aliphatic rings. The van der Waals surface area contributed by atoms with Crippen LogP contribution in [0.25, 0.3) is 0 Å². The molecule has 1 aromatic carbocycles. The minimum absolute atomic E-state index is 0.0588. The highest BCUT2D eigenvalue weighted by molar-refractivity contribution is 7.89. The summed E-state index contributed by atoms with van der Waals surface area (Å²) >= 11 is 7.55. The molecular formula is C18H19ClN2O5S2. The number of ether oxygens (including phenoxy) is 1. The second-order valence-electron chi connectivity index (χ2n) is 6.27. The summed E-state index contributed by atoms with van der Waals surface area (Å²) in [6, 6.07) is 5.95. The maximum Gasteiger partial charge on any atom is 0.310 e. The summed E-state index contributed by atoms with van der Waals surface area (Å²) in [4.78, 5) is 23.9. The van der Waals surface area contributed by atoms with Gasteiger partial charge in [-0.1, -0.05) is 11.6 Å². The average Bonchev–Trinajstić information content (AvgIpc) is 3.35. The Morgan fingerprint density at radius 2 is 1.96 bits per heavy atom. The summed E-state index contributed by atoms with van der Waals surface area (Å²) in [5, 5.41) is 6.37. The minimum atomic E-state index is -3.63. The number of carbonyl (C=O) groups is 2. The van der Waals surface area contributed by atoms with E-state index in [-0.39, 0.29) is 22.0 Å². The van der Waals surface area contributed by atoms with Crippen molar-refractivity contribution in [3.8, 4) is 0 Å². The van der Waals surface area contributed by atoms with Gasteiger partial charge >= 0.3 is 5.97 Å². The third kappa shape index (κ3) is 5.11. The van der Waals surface area contributed by atoms with Crippen LogP contribution in [-0.4, -0.2) is 44.3 Å². The van der Waals surface area contributed by atoms with Crippen molar-refractivity contribution in [3.05, 3.63) is 45.6 Å². The standard InChI is InChI=1S/C18H19ClN2O5S2/c19-15-4-3-14(28(24,25)21-6-1-2-7-21)10-16(15)20-17(22)11-26-18(23)9-13-5-8-27-12-13/h3-5,8,10,12H,1-2,6-7,9,11H2,(H,20,22). The Hall–Kier alpha value is -1.94. The molecule has 1 N–H and O–H groups in total. The SMILES string of the molecule is O=C(COC(=O)Cc1ccsc1)Nc1cc(S(=O)(=O)N2CCCC2)ccc1Cl. The van der Waals surface area contributed by atoms with Crippen LogP contribution in [0.1, 0.15) is 18.4 Å². The number of nitrogens with one attached hydrogen (secondary N) is 1. The third-order valence-electron chi connectivity index (χ3n) is 4.21. The summed E-state index contributed by atoms with van der Waals surface area (Å²) in [7, 11) is -3.63. The number of nitrogens with zero attached hydrogens (tertiary/aromatic N) is 1. The van der Waals surface area contributed by atoms with Gasteiger partial charge in [0.25, 0.3) is 5.91 Å². The quantitative estimate of drug-likeness (QED) is 0.665. The number of esters is 1. The highest BCUT2D eigenvalue weighted by Gasteiger charge is 2.27. The van der Waals surface area contributed by atoms with E-state index in [4.69, 9.17) is 16.3 Å². The van der Waals surface area contributed by atoms with Gasteiger partial charge < -0.3 is 10.1 Å². The van der Waals surface area contributed by atoms with Crippen molar-refractivity contribution in [2.75, 3.05) is 25.0 Å². The first-order chi connectivity index (χ1) is 13.4. The van der Waals surface area contributed by atoms with Crippen LogP contribution in [0.4, 0.5) is 5.69 Å². The third-order valence-corrected chi connectivity index (χ3v) is 7.16. The van der Waals surface area contributed by atoms with E-state index in [9.17, 15) is 18.0 Å². The van der Waals surface area contributed by atoms with Gasteiger partial charge in [0.2, 0.25) is 10.0 Å². The van der Waals surface area contributed by atoms with Gasteiger partial charge in [0.1, 0.15) is 0 Å². The minimum Gasteiger partial charge on any atom is -0.455 e. The number of benzene rings is 1. The number of sulfonamides is 1. The van der Waals surface area contributed by atoms with Crippen molar-refractivity contribution in [2.45, 2.75) is 24.2 Å². The Morgan fingerprint density at radius 1 is 1.21 bits per heavy atom. The maximum absolute atomic E-state index is 12.7. The molecule has 3 rings (SSSR count). The van der Waals surface area contributed by atoms with Crippen LogP contribution >= 0.6 is 22.9 Å². The van der Waals surface area contributed by atoms with Crippen molar-refractivity contribution in [1.29, 1.82) is 0 Å². The molecule has 1 aliphatic heterocycles.